The number of hydrogen-bond acceptors (Lipinski definition) is 4. The lowest BCUT2D eigenvalue weighted by Crippen LogP contribution is -2.12. The average molecular weight is 310 g/mol. The second kappa shape index (κ2) is 6.12. The van der Waals surface area contributed by atoms with E-state index in [1.165, 1.54) is 0 Å². The van der Waals surface area contributed by atoms with Gasteiger partial charge < -0.3 is 9.15 Å². The van der Waals surface area contributed by atoms with Gasteiger partial charge in [0.1, 0.15) is 5.69 Å². The summed E-state index contributed by atoms with van der Waals surface area (Å²) in [6.07, 6.45) is 1.58. The summed E-state index contributed by atoms with van der Waals surface area (Å²) >= 11 is 0. The summed E-state index contributed by atoms with van der Waals surface area (Å²) in [5.74, 6) is 0.205. The van der Waals surface area contributed by atoms with Crippen LogP contribution < -0.4 is 0 Å². The third-order valence-corrected chi connectivity index (χ3v) is 3.55. The van der Waals surface area contributed by atoms with Gasteiger partial charge in [-0.05, 0) is 44.5 Å². The molecule has 0 saturated heterocycles. The molecule has 5 heteroatoms. The van der Waals surface area contributed by atoms with E-state index in [0.29, 0.717) is 23.8 Å². The third kappa shape index (κ3) is 2.90. The Morgan fingerprint density at radius 1 is 1.26 bits per heavy atom. The van der Waals surface area contributed by atoms with Crippen molar-refractivity contribution in [3.63, 3.8) is 0 Å². The molecule has 0 unspecified atom stereocenters. The molecule has 23 heavy (non-hydrogen) atoms. The number of esters is 1. The highest BCUT2D eigenvalue weighted by Crippen LogP contribution is 2.24. The van der Waals surface area contributed by atoms with E-state index >= 15 is 0 Å². The van der Waals surface area contributed by atoms with Crippen LogP contribution in [0.15, 0.2) is 47.1 Å². The van der Waals surface area contributed by atoms with Crippen molar-refractivity contribution in [2.45, 2.75) is 20.8 Å². The summed E-state index contributed by atoms with van der Waals surface area (Å²) < 4.78 is 12.2. The summed E-state index contributed by atoms with van der Waals surface area (Å²) in [5, 5.41) is 4.54. The smallest absolute Gasteiger partial charge is 0.357 e. The topological polar surface area (TPSA) is 57.3 Å². The van der Waals surface area contributed by atoms with Crippen LogP contribution in [-0.4, -0.2) is 22.4 Å². The number of benzene rings is 1. The van der Waals surface area contributed by atoms with E-state index in [0.717, 1.165) is 16.8 Å². The minimum Gasteiger partial charge on any atom is -0.463 e. The van der Waals surface area contributed by atoms with Gasteiger partial charge in [0.25, 0.3) is 0 Å². The van der Waals surface area contributed by atoms with Gasteiger partial charge in [-0.1, -0.05) is 17.7 Å². The van der Waals surface area contributed by atoms with Crippen LogP contribution in [0.4, 0.5) is 0 Å². The first-order valence-electron chi connectivity index (χ1n) is 7.49. The Morgan fingerprint density at radius 2 is 2.09 bits per heavy atom. The van der Waals surface area contributed by atoms with Crippen LogP contribution in [0.3, 0.4) is 0 Å². The second-order valence-corrected chi connectivity index (χ2v) is 5.31. The Morgan fingerprint density at radius 3 is 2.74 bits per heavy atom. The monoisotopic (exact) mass is 310 g/mol. The molecule has 2 heterocycles. The standard InChI is InChI=1S/C18H18N2O3/c1-4-22-18(21)16-11-14(17-6-5-9-23-17)19-20(16)15-8-7-12(2)10-13(15)3/h5-11H,4H2,1-3H3. The summed E-state index contributed by atoms with van der Waals surface area (Å²) in [4.78, 5) is 12.3. The molecule has 5 nitrogen and oxygen atoms in total. The normalized spacial score (nSPS) is 10.7. The van der Waals surface area contributed by atoms with Crippen molar-refractivity contribution in [2.24, 2.45) is 0 Å². The molecule has 1 aromatic carbocycles. The Labute approximate surface area is 134 Å². The fourth-order valence-corrected chi connectivity index (χ4v) is 2.50. The number of ether oxygens (including phenoxy) is 1. The summed E-state index contributed by atoms with van der Waals surface area (Å²) in [6, 6.07) is 11.3. The average Bonchev–Trinajstić information content (AvgIpc) is 3.16. The van der Waals surface area contributed by atoms with Crippen molar-refractivity contribution in [2.75, 3.05) is 6.61 Å². The molecule has 0 bridgehead atoms. The van der Waals surface area contributed by atoms with E-state index in [9.17, 15) is 4.79 Å². The van der Waals surface area contributed by atoms with Crippen LogP contribution in [0.2, 0.25) is 0 Å². The highest BCUT2D eigenvalue weighted by molar-refractivity contribution is 5.89. The molecule has 0 aliphatic heterocycles. The summed E-state index contributed by atoms with van der Waals surface area (Å²) in [5.41, 5.74) is 4.01. The van der Waals surface area contributed by atoms with E-state index in [1.54, 1.807) is 30.0 Å². The minimum absolute atomic E-state index is 0.312. The molecule has 0 aliphatic rings. The molecule has 0 atom stereocenters. The fraction of sp³-hybridized carbons (Fsp3) is 0.222. The molecule has 0 aliphatic carbocycles. The van der Waals surface area contributed by atoms with Gasteiger partial charge in [0, 0.05) is 6.07 Å². The molecule has 0 spiro atoms. The zero-order chi connectivity index (χ0) is 16.4. The van der Waals surface area contributed by atoms with Gasteiger partial charge >= 0.3 is 5.97 Å². The van der Waals surface area contributed by atoms with Gasteiger partial charge in [-0.15, -0.1) is 0 Å². The van der Waals surface area contributed by atoms with Crippen molar-refractivity contribution in [1.29, 1.82) is 0 Å². The quantitative estimate of drug-likeness (QED) is 0.685. The zero-order valence-electron chi connectivity index (χ0n) is 13.4. The SMILES string of the molecule is CCOC(=O)c1cc(-c2ccco2)nn1-c1ccc(C)cc1C. The molecule has 118 valence electrons. The van der Waals surface area contributed by atoms with Crippen molar-refractivity contribution in [3.8, 4) is 17.1 Å². The first kappa shape index (κ1) is 15.1. The minimum atomic E-state index is -0.405. The lowest BCUT2D eigenvalue weighted by atomic mass is 10.1. The number of hydrogen-bond donors (Lipinski definition) is 0. The van der Waals surface area contributed by atoms with Gasteiger partial charge in [0.15, 0.2) is 11.5 Å². The van der Waals surface area contributed by atoms with Crippen LogP contribution in [0.5, 0.6) is 0 Å². The lowest BCUT2D eigenvalue weighted by molar-refractivity contribution is 0.0515. The molecule has 3 aromatic rings. The first-order valence-corrected chi connectivity index (χ1v) is 7.49. The number of aryl methyl sites for hydroxylation is 2. The van der Waals surface area contributed by atoms with Crippen LogP contribution in [0, 0.1) is 13.8 Å². The third-order valence-electron chi connectivity index (χ3n) is 3.55. The summed E-state index contributed by atoms with van der Waals surface area (Å²) in [6.45, 7) is 6.11. The Kier molecular flexibility index (Phi) is 4.02. The highest BCUT2D eigenvalue weighted by atomic mass is 16.5. The predicted octanol–water partition coefficient (Wildman–Crippen LogP) is 3.93. The molecule has 0 radical (unpaired) electrons. The Hall–Kier alpha value is -2.82. The largest absolute Gasteiger partial charge is 0.463 e. The number of nitrogens with zero attached hydrogens (tertiary/aromatic N) is 2. The number of carbonyl (C=O) groups is 1. The van der Waals surface area contributed by atoms with E-state index in [2.05, 4.69) is 11.2 Å². The van der Waals surface area contributed by atoms with Gasteiger partial charge in [-0.3, -0.25) is 0 Å². The van der Waals surface area contributed by atoms with Crippen LogP contribution >= 0.6 is 0 Å². The molecule has 0 amide bonds. The van der Waals surface area contributed by atoms with Gasteiger partial charge in [0.2, 0.25) is 0 Å². The van der Waals surface area contributed by atoms with Crippen molar-refractivity contribution >= 4 is 5.97 Å². The van der Waals surface area contributed by atoms with Crippen LogP contribution in [0.1, 0.15) is 28.5 Å². The molecule has 2 aromatic heterocycles. The molecule has 3 rings (SSSR count). The van der Waals surface area contributed by atoms with Crippen LogP contribution in [-0.2, 0) is 4.74 Å². The highest BCUT2D eigenvalue weighted by Gasteiger charge is 2.20. The lowest BCUT2D eigenvalue weighted by Gasteiger charge is -2.10. The predicted molar refractivity (Wildman–Crippen MR) is 86.7 cm³/mol. The molecule has 0 N–H and O–H groups in total. The van der Waals surface area contributed by atoms with Gasteiger partial charge in [-0.2, -0.15) is 5.10 Å². The van der Waals surface area contributed by atoms with E-state index < -0.39 is 5.97 Å². The maximum atomic E-state index is 12.3. The molecule has 0 saturated carbocycles. The molecule has 0 fully saturated rings. The van der Waals surface area contributed by atoms with E-state index in [-0.39, 0.29) is 0 Å². The fourth-order valence-electron chi connectivity index (χ4n) is 2.50. The number of furan rings is 1. The van der Waals surface area contributed by atoms with Gasteiger partial charge in [-0.25, -0.2) is 9.48 Å². The van der Waals surface area contributed by atoms with E-state index in [1.807, 2.05) is 32.0 Å². The van der Waals surface area contributed by atoms with Gasteiger partial charge in [0.05, 0.1) is 18.6 Å². The van der Waals surface area contributed by atoms with E-state index in [4.69, 9.17) is 9.15 Å². The summed E-state index contributed by atoms with van der Waals surface area (Å²) in [7, 11) is 0. The molecular formula is C18H18N2O3. The zero-order valence-corrected chi connectivity index (χ0v) is 13.4. The molecular weight excluding hydrogens is 292 g/mol. The maximum Gasteiger partial charge on any atom is 0.357 e. The van der Waals surface area contributed by atoms with Crippen molar-refractivity contribution < 1.29 is 13.9 Å². The Balaban J connectivity index is 2.15. The number of carbonyl (C=O) groups excluding carboxylic acids is 1. The second-order valence-electron chi connectivity index (χ2n) is 5.31. The van der Waals surface area contributed by atoms with Crippen molar-refractivity contribution in [3.05, 3.63) is 59.5 Å². The van der Waals surface area contributed by atoms with Crippen LogP contribution in [0.25, 0.3) is 17.1 Å². The number of rotatable bonds is 4. The van der Waals surface area contributed by atoms with Crippen molar-refractivity contribution in [1.82, 2.24) is 9.78 Å². The maximum absolute atomic E-state index is 12.3. The number of aromatic nitrogens is 2. The first-order chi connectivity index (χ1) is 11.1. The Bertz CT molecular complexity index is 832.